The van der Waals surface area contributed by atoms with Gasteiger partial charge in [-0.15, -0.1) is 0 Å². The van der Waals surface area contributed by atoms with E-state index in [0.29, 0.717) is 18.9 Å². The van der Waals surface area contributed by atoms with E-state index >= 15 is 0 Å². The topological polar surface area (TPSA) is 40.6 Å². The third-order valence-electron chi connectivity index (χ3n) is 2.59. The fraction of sp³-hybridized carbons (Fsp3) is 0.818. The highest BCUT2D eigenvalue weighted by Crippen LogP contribution is 2.20. The Balaban J connectivity index is 2.56. The maximum Gasteiger partial charge on any atom is 0.227 e. The van der Waals surface area contributed by atoms with Crippen molar-refractivity contribution in [2.24, 2.45) is 11.8 Å². The molecule has 0 spiro atoms. The zero-order chi connectivity index (χ0) is 11.6. The minimum Gasteiger partial charge on any atom is -0.349 e. The summed E-state index contributed by atoms with van der Waals surface area (Å²) >= 11 is 0. The van der Waals surface area contributed by atoms with Crippen molar-refractivity contribution in [3.8, 4) is 0 Å². The van der Waals surface area contributed by atoms with Crippen molar-refractivity contribution in [1.29, 1.82) is 0 Å². The summed E-state index contributed by atoms with van der Waals surface area (Å²) in [4.78, 5) is 26.6. The molecule has 0 aromatic heterocycles. The van der Waals surface area contributed by atoms with Crippen LogP contribution in [0.1, 0.15) is 20.3 Å². The Morgan fingerprint density at radius 1 is 1.53 bits per heavy atom. The molecule has 15 heavy (non-hydrogen) atoms. The standard InChI is InChI=1S/C11H20N2O2/c1-8(2)6-13-7-9(5-10(13)14)11(15)12(3)4/h8-9H,5-7H2,1-4H3/t9-/m0/s1. The second kappa shape index (κ2) is 4.64. The van der Waals surface area contributed by atoms with Crippen LogP contribution in [0, 0.1) is 11.8 Å². The number of amides is 2. The Hall–Kier alpha value is -1.06. The lowest BCUT2D eigenvalue weighted by Crippen LogP contribution is -2.33. The lowest BCUT2D eigenvalue weighted by atomic mass is 10.1. The van der Waals surface area contributed by atoms with Gasteiger partial charge < -0.3 is 9.80 Å². The van der Waals surface area contributed by atoms with E-state index in [9.17, 15) is 9.59 Å². The van der Waals surface area contributed by atoms with Gasteiger partial charge in [0, 0.05) is 33.6 Å². The number of hydrogen-bond donors (Lipinski definition) is 0. The summed E-state index contributed by atoms with van der Waals surface area (Å²) in [5.74, 6) is 0.506. The maximum atomic E-state index is 11.7. The van der Waals surface area contributed by atoms with Gasteiger partial charge >= 0.3 is 0 Å². The number of hydrogen-bond acceptors (Lipinski definition) is 2. The summed E-state index contributed by atoms with van der Waals surface area (Å²) < 4.78 is 0. The van der Waals surface area contributed by atoms with E-state index in [2.05, 4.69) is 13.8 Å². The molecule has 4 nitrogen and oxygen atoms in total. The largest absolute Gasteiger partial charge is 0.349 e. The molecule has 1 heterocycles. The number of carbonyl (C=O) groups excluding carboxylic acids is 2. The molecule has 1 aliphatic heterocycles. The molecule has 0 aromatic carbocycles. The highest BCUT2D eigenvalue weighted by atomic mass is 16.2. The SMILES string of the molecule is CC(C)CN1C[C@@H](C(=O)N(C)C)CC1=O. The molecule has 1 rings (SSSR count). The van der Waals surface area contributed by atoms with Gasteiger partial charge in [0.2, 0.25) is 11.8 Å². The lowest BCUT2D eigenvalue weighted by molar-refractivity contribution is -0.133. The number of rotatable bonds is 3. The smallest absolute Gasteiger partial charge is 0.227 e. The highest BCUT2D eigenvalue weighted by molar-refractivity contribution is 5.89. The number of likely N-dealkylation sites (tertiary alicyclic amines) is 1. The third kappa shape index (κ3) is 2.94. The first-order valence-corrected chi connectivity index (χ1v) is 5.40. The van der Waals surface area contributed by atoms with E-state index in [4.69, 9.17) is 0 Å². The van der Waals surface area contributed by atoms with Gasteiger partial charge in [0.1, 0.15) is 0 Å². The van der Waals surface area contributed by atoms with Gasteiger partial charge in [0.25, 0.3) is 0 Å². The molecule has 0 radical (unpaired) electrons. The molecule has 0 unspecified atom stereocenters. The molecule has 2 amide bonds. The molecular formula is C11H20N2O2. The predicted octanol–water partition coefficient (Wildman–Crippen LogP) is 0.579. The Morgan fingerprint density at radius 2 is 2.13 bits per heavy atom. The summed E-state index contributed by atoms with van der Waals surface area (Å²) in [7, 11) is 3.47. The molecule has 1 saturated heterocycles. The average Bonchev–Trinajstić information content (AvgIpc) is 2.45. The van der Waals surface area contributed by atoms with Gasteiger partial charge in [-0.2, -0.15) is 0 Å². The summed E-state index contributed by atoms with van der Waals surface area (Å²) in [5.41, 5.74) is 0. The van der Waals surface area contributed by atoms with Gasteiger partial charge in [0.05, 0.1) is 5.92 Å². The number of carbonyl (C=O) groups is 2. The summed E-state index contributed by atoms with van der Waals surface area (Å²) in [6, 6.07) is 0. The van der Waals surface area contributed by atoms with Crippen LogP contribution in [-0.2, 0) is 9.59 Å². The second-order valence-electron chi connectivity index (χ2n) is 4.83. The molecule has 1 fully saturated rings. The van der Waals surface area contributed by atoms with E-state index in [1.54, 1.807) is 23.9 Å². The number of nitrogens with zero attached hydrogens (tertiary/aromatic N) is 2. The average molecular weight is 212 g/mol. The van der Waals surface area contributed by atoms with Gasteiger partial charge in [-0.3, -0.25) is 9.59 Å². The van der Waals surface area contributed by atoms with Crippen molar-refractivity contribution in [2.75, 3.05) is 27.2 Å². The Kier molecular flexibility index (Phi) is 3.72. The molecule has 0 bridgehead atoms. The van der Waals surface area contributed by atoms with Crippen molar-refractivity contribution in [2.45, 2.75) is 20.3 Å². The third-order valence-corrected chi connectivity index (χ3v) is 2.59. The van der Waals surface area contributed by atoms with Crippen LogP contribution in [0.3, 0.4) is 0 Å². The van der Waals surface area contributed by atoms with Crippen LogP contribution in [0.2, 0.25) is 0 Å². The van der Waals surface area contributed by atoms with Crippen LogP contribution in [-0.4, -0.2) is 48.8 Å². The zero-order valence-electron chi connectivity index (χ0n) is 9.99. The summed E-state index contributed by atoms with van der Waals surface area (Å²) in [6.45, 7) is 5.51. The maximum absolute atomic E-state index is 11.7. The van der Waals surface area contributed by atoms with Crippen molar-refractivity contribution in [1.82, 2.24) is 9.80 Å². The van der Waals surface area contributed by atoms with Crippen molar-refractivity contribution >= 4 is 11.8 Å². The minimum atomic E-state index is -0.133. The van der Waals surface area contributed by atoms with E-state index in [1.165, 1.54) is 0 Å². The molecule has 1 atom stereocenters. The van der Waals surface area contributed by atoms with Crippen molar-refractivity contribution < 1.29 is 9.59 Å². The van der Waals surface area contributed by atoms with E-state index in [1.807, 2.05) is 0 Å². The van der Waals surface area contributed by atoms with Gasteiger partial charge in [-0.25, -0.2) is 0 Å². The van der Waals surface area contributed by atoms with E-state index in [0.717, 1.165) is 6.54 Å². The Labute approximate surface area is 91.2 Å². The van der Waals surface area contributed by atoms with E-state index < -0.39 is 0 Å². The zero-order valence-corrected chi connectivity index (χ0v) is 9.99. The molecule has 0 aliphatic carbocycles. The molecule has 4 heteroatoms. The first-order chi connectivity index (χ1) is 6.91. The summed E-state index contributed by atoms with van der Waals surface area (Å²) in [6.07, 6.45) is 0.379. The molecule has 1 aliphatic rings. The van der Waals surface area contributed by atoms with Gasteiger partial charge in [-0.05, 0) is 5.92 Å². The molecule has 86 valence electrons. The first-order valence-electron chi connectivity index (χ1n) is 5.40. The van der Waals surface area contributed by atoms with Crippen LogP contribution in [0.15, 0.2) is 0 Å². The Morgan fingerprint density at radius 3 is 2.60 bits per heavy atom. The van der Waals surface area contributed by atoms with Crippen LogP contribution in [0.25, 0.3) is 0 Å². The molecule has 0 saturated carbocycles. The molecule has 0 N–H and O–H groups in total. The van der Waals surface area contributed by atoms with Crippen LogP contribution in [0.4, 0.5) is 0 Å². The summed E-state index contributed by atoms with van der Waals surface area (Å²) in [5, 5.41) is 0. The predicted molar refractivity (Wildman–Crippen MR) is 58.2 cm³/mol. The van der Waals surface area contributed by atoms with Crippen LogP contribution < -0.4 is 0 Å². The monoisotopic (exact) mass is 212 g/mol. The molecule has 0 aromatic rings. The van der Waals surface area contributed by atoms with Gasteiger partial charge in [-0.1, -0.05) is 13.8 Å². The quantitative estimate of drug-likeness (QED) is 0.686. The van der Waals surface area contributed by atoms with E-state index in [-0.39, 0.29) is 17.7 Å². The van der Waals surface area contributed by atoms with Crippen LogP contribution >= 0.6 is 0 Å². The van der Waals surface area contributed by atoms with Gasteiger partial charge in [0.15, 0.2) is 0 Å². The minimum absolute atomic E-state index is 0.0645. The van der Waals surface area contributed by atoms with Crippen molar-refractivity contribution in [3.05, 3.63) is 0 Å². The van der Waals surface area contributed by atoms with Crippen LogP contribution in [0.5, 0.6) is 0 Å². The first kappa shape index (κ1) is 12.0. The van der Waals surface area contributed by atoms with Crippen molar-refractivity contribution in [3.63, 3.8) is 0 Å². The lowest BCUT2D eigenvalue weighted by Gasteiger charge is -2.19. The fourth-order valence-electron chi connectivity index (χ4n) is 1.92. The molecular weight excluding hydrogens is 192 g/mol. The second-order valence-corrected chi connectivity index (χ2v) is 4.83. The fourth-order valence-corrected chi connectivity index (χ4v) is 1.92. The highest BCUT2D eigenvalue weighted by Gasteiger charge is 2.34. The Bertz CT molecular complexity index is 261. The normalized spacial score (nSPS) is 21.3.